The van der Waals surface area contributed by atoms with E-state index in [-0.39, 0.29) is 12.0 Å². The van der Waals surface area contributed by atoms with Crippen molar-refractivity contribution in [2.45, 2.75) is 18.9 Å². The summed E-state index contributed by atoms with van der Waals surface area (Å²) in [5.74, 6) is 2.18. The summed E-state index contributed by atoms with van der Waals surface area (Å²) in [6.07, 6.45) is 4.24. The number of carbonyl (C=O) groups is 1. The van der Waals surface area contributed by atoms with E-state index in [1.54, 1.807) is 37.4 Å². The first-order valence-corrected chi connectivity index (χ1v) is 11.7. The lowest BCUT2D eigenvalue weighted by molar-refractivity contribution is -0.0193. The molecule has 2 aliphatic rings. The van der Waals surface area contributed by atoms with Crippen LogP contribution in [0.15, 0.2) is 48.7 Å². The van der Waals surface area contributed by atoms with Crippen molar-refractivity contribution < 1.29 is 19.0 Å². The van der Waals surface area contributed by atoms with Gasteiger partial charge in [-0.1, -0.05) is 0 Å². The quantitative estimate of drug-likeness (QED) is 0.450. The molecule has 9 nitrogen and oxygen atoms in total. The minimum Gasteiger partial charge on any atom is -0.496 e. The van der Waals surface area contributed by atoms with Crippen LogP contribution in [-0.4, -0.2) is 60.8 Å². The first-order chi connectivity index (χ1) is 17.0. The Morgan fingerprint density at radius 2 is 1.94 bits per heavy atom. The SMILES string of the molecule is COc1cc(Nc2nccc(-c3ccc(OCC4CC4)c(N)c3)n2)ccc1C(=O)N1CC(OC)C1. The molecule has 1 aliphatic heterocycles. The summed E-state index contributed by atoms with van der Waals surface area (Å²) in [5.41, 5.74) is 9.60. The van der Waals surface area contributed by atoms with Gasteiger partial charge < -0.3 is 30.2 Å². The van der Waals surface area contributed by atoms with Gasteiger partial charge in [0.15, 0.2) is 0 Å². The van der Waals surface area contributed by atoms with Crippen molar-refractivity contribution in [2.75, 3.05) is 45.0 Å². The number of hydrogen-bond donors (Lipinski definition) is 2. The summed E-state index contributed by atoms with van der Waals surface area (Å²) >= 11 is 0. The molecule has 2 fully saturated rings. The second-order valence-corrected chi connectivity index (χ2v) is 8.88. The third kappa shape index (κ3) is 5.14. The lowest BCUT2D eigenvalue weighted by Crippen LogP contribution is -2.54. The molecule has 1 amide bonds. The van der Waals surface area contributed by atoms with Gasteiger partial charge in [0.25, 0.3) is 5.91 Å². The number of benzene rings is 2. The van der Waals surface area contributed by atoms with Crippen molar-refractivity contribution >= 4 is 23.2 Å². The zero-order valence-electron chi connectivity index (χ0n) is 19.9. The minimum atomic E-state index is -0.0814. The maximum atomic E-state index is 12.8. The van der Waals surface area contributed by atoms with E-state index in [2.05, 4.69) is 15.3 Å². The van der Waals surface area contributed by atoms with E-state index in [0.29, 0.717) is 60.0 Å². The monoisotopic (exact) mass is 475 g/mol. The second kappa shape index (κ2) is 9.79. The molecule has 3 N–H and O–H groups in total. The van der Waals surface area contributed by atoms with Crippen molar-refractivity contribution in [2.24, 2.45) is 5.92 Å². The van der Waals surface area contributed by atoms with Crippen molar-refractivity contribution in [3.63, 3.8) is 0 Å². The van der Waals surface area contributed by atoms with Crippen LogP contribution >= 0.6 is 0 Å². The molecule has 2 aromatic carbocycles. The van der Waals surface area contributed by atoms with Crippen LogP contribution in [0.5, 0.6) is 11.5 Å². The predicted octanol–water partition coefficient (Wildman–Crippen LogP) is 3.74. The Morgan fingerprint density at radius 3 is 2.66 bits per heavy atom. The van der Waals surface area contributed by atoms with Gasteiger partial charge in [0.05, 0.1) is 36.8 Å². The number of methoxy groups -OCH3 is 2. The molecule has 1 saturated carbocycles. The predicted molar refractivity (Wildman–Crippen MR) is 133 cm³/mol. The number of aromatic nitrogens is 2. The molecule has 0 spiro atoms. The van der Waals surface area contributed by atoms with E-state index in [4.69, 9.17) is 19.9 Å². The highest BCUT2D eigenvalue weighted by molar-refractivity contribution is 5.98. The molecule has 1 aromatic heterocycles. The Balaban J connectivity index is 1.29. The first-order valence-electron chi connectivity index (χ1n) is 11.7. The topological polar surface area (TPSA) is 112 Å². The molecule has 9 heteroatoms. The van der Waals surface area contributed by atoms with Crippen LogP contribution in [0.2, 0.25) is 0 Å². The largest absolute Gasteiger partial charge is 0.496 e. The normalized spacial score (nSPS) is 15.4. The van der Waals surface area contributed by atoms with Gasteiger partial charge in [-0.2, -0.15) is 0 Å². The van der Waals surface area contributed by atoms with Gasteiger partial charge in [-0.15, -0.1) is 0 Å². The van der Waals surface area contributed by atoms with Gasteiger partial charge in [0.2, 0.25) is 5.95 Å². The van der Waals surface area contributed by atoms with Crippen LogP contribution in [0, 0.1) is 5.92 Å². The van der Waals surface area contributed by atoms with Gasteiger partial charge in [-0.05, 0) is 55.2 Å². The molecule has 0 unspecified atom stereocenters. The fourth-order valence-corrected chi connectivity index (χ4v) is 3.91. The molecule has 35 heavy (non-hydrogen) atoms. The number of amides is 1. The van der Waals surface area contributed by atoms with Gasteiger partial charge in [0.1, 0.15) is 11.5 Å². The summed E-state index contributed by atoms with van der Waals surface area (Å²) in [6, 6.07) is 12.8. The van der Waals surface area contributed by atoms with Gasteiger partial charge in [-0.3, -0.25) is 4.79 Å². The van der Waals surface area contributed by atoms with E-state index >= 15 is 0 Å². The smallest absolute Gasteiger partial charge is 0.257 e. The summed E-state index contributed by atoms with van der Waals surface area (Å²) < 4.78 is 16.6. The van der Waals surface area contributed by atoms with Gasteiger partial charge in [0, 0.05) is 43.7 Å². The maximum Gasteiger partial charge on any atom is 0.257 e. The molecule has 0 bridgehead atoms. The molecule has 5 rings (SSSR count). The summed E-state index contributed by atoms with van der Waals surface area (Å²) in [5, 5.41) is 3.19. The van der Waals surface area contributed by atoms with Crippen molar-refractivity contribution in [1.82, 2.24) is 14.9 Å². The molecule has 2 heterocycles. The lowest BCUT2D eigenvalue weighted by atomic mass is 10.1. The Morgan fingerprint density at radius 1 is 1.11 bits per heavy atom. The van der Waals surface area contributed by atoms with Crippen LogP contribution in [0.4, 0.5) is 17.3 Å². The number of rotatable bonds is 9. The van der Waals surface area contributed by atoms with Crippen LogP contribution in [-0.2, 0) is 4.74 Å². The van der Waals surface area contributed by atoms with Gasteiger partial charge >= 0.3 is 0 Å². The minimum absolute atomic E-state index is 0.0814. The third-order valence-corrected chi connectivity index (χ3v) is 6.29. The van der Waals surface area contributed by atoms with E-state index in [0.717, 1.165) is 11.3 Å². The van der Waals surface area contributed by atoms with Crippen LogP contribution in [0.1, 0.15) is 23.2 Å². The number of nitrogens with one attached hydrogen (secondary N) is 1. The average molecular weight is 476 g/mol. The molecule has 182 valence electrons. The van der Waals surface area contributed by atoms with Crippen LogP contribution in [0.3, 0.4) is 0 Å². The van der Waals surface area contributed by atoms with Crippen LogP contribution < -0.4 is 20.5 Å². The Labute approximate surface area is 204 Å². The molecule has 0 radical (unpaired) electrons. The summed E-state index contributed by atoms with van der Waals surface area (Å²) in [4.78, 5) is 23.5. The zero-order valence-corrected chi connectivity index (χ0v) is 19.9. The van der Waals surface area contributed by atoms with Crippen molar-refractivity contribution in [3.05, 3.63) is 54.2 Å². The number of hydrogen-bond acceptors (Lipinski definition) is 8. The number of likely N-dealkylation sites (tertiary alicyclic amines) is 1. The molecular weight excluding hydrogens is 446 g/mol. The van der Waals surface area contributed by atoms with Crippen molar-refractivity contribution in [1.29, 1.82) is 0 Å². The highest BCUT2D eigenvalue weighted by atomic mass is 16.5. The van der Waals surface area contributed by atoms with Gasteiger partial charge in [-0.25, -0.2) is 9.97 Å². The highest BCUT2D eigenvalue weighted by Gasteiger charge is 2.32. The Hall–Kier alpha value is -3.85. The number of carbonyl (C=O) groups excluding carboxylic acids is 1. The molecular formula is C26H29N5O4. The zero-order chi connectivity index (χ0) is 24.4. The fourth-order valence-electron chi connectivity index (χ4n) is 3.91. The highest BCUT2D eigenvalue weighted by Crippen LogP contribution is 2.33. The fraction of sp³-hybridized carbons (Fsp3) is 0.346. The average Bonchev–Trinajstić information content (AvgIpc) is 3.67. The standard InChI is InChI=1S/C26H29N5O4/c1-33-19-13-31(14-19)25(32)20-7-6-18(12-24(20)34-2)29-26-28-10-9-22(30-26)17-5-8-23(21(27)11-17)35-15-16-3-4-16/h5-12,16,19H,3-4,13-15,27H2,1-2H3,(H,28,29,30). The molecule has 3 aromatic rings. The van der Waals surface area contributed by atoms with E-state index in [1.165, 1.54) is 12.8 Å². The second-order valence-electron chi connectivity index (χ2n) is 8.88. The van der Waals surface area contributed by atoms with E-state index in [1.807, 2.05) is 30.3 Å². The van der Waals surface area contributed by atoms with E-state index < -0.39 is 0 Å². The molecule has 0 atom stereocenters. The first kappa shape index (κ1) is 22.9. The summed E-state index contributed by atoms with van der Waals surface area (Å²) in [7, 11) is 3.20. The van der Waals surface area contributed by atoms with E-state index in [9.17, 15) is 4.79 Å². The van der Waals surface area contributed by atoms with Crippen LogP contribution in [0.25, 0.3) is 11.3 Å². The lowest BCUT2D eigenvalue weighted by Gasteiger charge is -2.38. The Kier molecular flexibility index (Phi) is 6.41. The third-order valence-electron chi connectivity index (χ3n) is 6.29. The number of nitrogens with zero attached hydrogens (tertiary/aromatic N) is 3. The summed E-state index contributed by atoms with van der Waals surface area (Å²) in [6.45, 7) is 1.87. The number of nitrogens with two attached hydrogens (primary N) is 1. The van der Waals surface area contributed by atoms with Crippen molar-refractivity contribution in [3.8, 4) is 22.8 Å². The number of anilines is 3. The molecule has 1 aliphatic carbocycles. The Bertz CT molecular complexity index is 1220. The number of nitrogen functional groups attached to an aromatic ring is 1. The maximum absolute atomic E-state index is 12.8. The molecule has 1 saturated heterocycles. The number of ether oxygens (including phenoxy) is 3.